The molecule has 2 aromatic rings. The molecule has 0 saturated carbocycles. The summed E-state index contributed by atoms with van der Waals surface area (Å²) in [5.41, 5.74) is 0.288. The lowest BCUT2D eigenvalue weighted by atomic mass is 10.1. The highest BCUT2D eigenvalue weighted by Gasteiger charge is 2.14. The molecular weight excluding hydrogens is 296 g/mol. The summed E-state index contributed by atoms with van der Waals surface area (Å²) in [6.07, 6.45) is 1.30. The van der Waals surface area contributed by atoms with E-state index in [1.54, 1.807) is 24.3 Å². The van der Waals surface area contributed by atoms with Crippen LogP contribution >= 0.6 is 0 Å². The van der Waals surface area contributed by atoms with Gasteiger partial charge in [-0.2, -0.15) is 5.26 Å². The van der Waals surface area contributed by atoms with Crippen LogP contribution < -0.4 is 5.32 Å². The van der Waals surface area contributed by atoms with Gasteiger partial charge in [-0.05, 0) is 35.9 Å². The molecule has 0 unspecified atom stereocenters. The molecule has 114 valence electrons. The number of nitrogens with one attached hydrogen (secondary N) is 1. The topological polar surface area (TPSA) is 110 Å². The van der Waals surface area contributed by atoms with Crippen molar-refractivity contribution in [2.75, 3.05) is 5.32 Å². The van der Waals surface area contributed by atoms with Crippen LogP contribution in [0.4, 0.5) is 5.69 Å². The van der Waals surface area contributed by atoms with Crippen LogP contribution in [-0.2, 0) is 4.79 Å². The third kappa shape index (κ3) is 3.95. The summed E-state index contributed by atoms with van der Waals surface area (Å²) in [5, 5.41) is 30.0. The standard InChI is InChI=1S/C17H12N2O4/c18-10-12(8-11-4-3-5-13(20)9-11)16(21)19-15-7-2-1-6-14(15)17(22)23/h1-9,20H,(H,19,21)(H,22,23). The van der Waals surface area contributed by atoms with Gasteiger partial charge in [-0.1, -0.05) is 24.3 Å². The Bertz CT molecular complexity index is 834. The molecule has 0 aliphatic heterocycles. The first kappa shape index (κ1) is 15.8. The molecule has 3 N–H and O–H groups in total. The maximum Gasteiger partial charge on any atom is 0.337 e. The smallest absolute Gasteiger partial charge is 0.337 e. The van der Waals surface area contributed by atoms with Gasteiger partial charge in [0.2, 0.25) is 0 Å². The maximum atomic E-state index is 12.2. The largest absolute Gasteiger partial charge is 0.508 e. The maximum absolute atomic E-state index is 12.2. The van der Waals surface area contributed by atoms with Crippen LogP contribution in [0.2, 0.25) is 0 Å². The number of phenolic OH excluding ortho intramolecular Hbond substituents is 1. The van der Waals surface area contributed by atoms with Gasteiger partial charge in [-0.15, -0.1) is 0 Å². The van der Waals surface area contributed by atoms with Crippen molar-refractivity contribution >= 4 is 23.6 Å². The minimum atomic E-state index is -1.18. The zero-order valence-corrected chi connectivity index (χ0v) is 11.9. The zero-order chi connectivity index (χ0) is 16.8. The van der Waals surface area contributed by atoms with Gasteiger partial charge in [-0.3, -0.25) is 4.79 Å². The number of para-hydroxylation sites is 1. The number of benzene rings is 2. The number of phenols is 1. The summed E-state index contributed by atoms with van der Waals surface area (Å²) in [4.78, 5) is 23.3. The van der Waals surface area contributed by atoms with Gasteiger partial charge in [0.1, 0.15) is 17.4 Å². The SMILES string of the molecule is N#CC(=Cc1cccc(O)c1)C(=O)Nc1ccccc1C(=O)O. The van der Waals surface area contributed by atoms with E-state index in [1.807, 2.05) is 0 Å². The second-order valence-electron chi connectivity index (χ2n) is 4.57. The molecule has 6 nitrogen and oxygen atoms in total. The Morgan fingerprint density at radius 2 is 1.87 bits per heavy atom. The molecule has 0 aromatic heterocycles. The molecule has 0 fully saturated rings. The monoisotopic (exact) mass is 308 g/mol. The van der Waals surface area contributed by atoms with Crippen molar-refractivity contribution in [3.63, 3.8) is 0 Å². The first-order valence-electron chi connectivity index (χ1n) is 6.56. The molecule has 0 heterocycles. The molecule has 0 saturated heterocycles. The van der Waals surface area contributed by atoms with Gasteiger partial charge in [-0.25, -0.2) is 4.79 Å². The minimum Gasteiger partial charge on any atom is -0.508 e. The fourth-order valence-corrected chi connectivity index (χ4v) is 1.90. The third-order valence-corrected chi connectivity index (χ3v) is 2.95. The lowest BCUT2D eigenvalue weighted by molar-refractivity contribution is -0.112. The third-order valence-electron chi connectivity index (χ3n) is 2.95. The Labute approximate surface area is 131 Å². The quantitative estimate of drug-likeness (QED) is 0.594. The molecule has 2 aromatic carbocycles. The van der Waals surface area contributed by atoms with Crippen LogP contribution in [0, 0.1) is 11.3 Å². The summed E-state index contributed by atoms with van der Waals surface area (Å²) < 4.78 is 0. The summed E-state index contributed by atoms with van der Waals surface area (Å²) in [5.74, 6) is -1.91. The van der Waals surface area contributed by atoms with Crippen LogP contribution in [0.5, 0.6) is 5.75 Å². The summed E-state index contributed by atoms with van der Waals surface area (Å²) in [7, 11) is 0. The lowest BCUT2D eigenvalue weighted by Crippen LogP contribution is -2.16. The Balaban J connectivity index is 2.29. The fraction of sp³-hybridized carbons (Fsp3) is 0. The first-order chi connectivity index (χ1) is 11.0. The second kappa shape index (κ2) is 6.91. The van der Waals surface area contributed by atoms with E-state index in [9.17, 15) is 14.7 Å². The van der Waals surface area contributed by atoms with Gasteiger partial charge in [0.05, 0.1) is 11.3 Å². The number of hydrogen-bond donors (Lipinski definition) is 3. The number of aromatic hydroxyl groups is 1. The van der Waals surface area contributed by atoms with E-state index in [2.05, 4.69) is 5.32 Å². The molecule has 0 aliphatic rings. The predicted molar refractivity (Wildman–Crippen MR) is 83.7 cm³/mol. The number of amides is 1. The van der Waals surface area contributed by atoms with Crippen LogP contribution in [-0.4, -0.2) is 22.1 Å². The van der Waals surface area contributed by atoms with Crippen LogP contribution in [0.1, 0.15) is 15.9 Å². The predicted octanol–water partition coefficient (Wildman–Crippen LogP) is 2.64. The van der Waals surface area contributed by atoms with Crippen molar-refractivity contribution in [3.8, 4) is 11.8 Å². The van der Waals surface area contributed by atoms with Crippen molar-refractivity contribution in [2.45, 2.75) is 0 Å². The second-order valence-corrected chi connectivity index (χ2v) is 4.57. The van der Waals surface area contributed by atoms with Crippen molar-refractivity contribution in [3.05, 3.63) is 65.2 Å². The number of aromatic carboxylic acids is 1. The average Bonchev–Trinajstić information content (AvgIpc) is 2.53. The molecule has 1 amide bonds. The van der Waals surface area contributed by atoms with Gasteiger partial charge in [0, 0.05) is 0 Å². The summed E-state index contributed by atoms with van der Waals surface area (Å²) >= 11 is 0. The van der Waals surface area contributed by atoms with E-state index in [0.717, 1.165) is 0 Å². The number of carboxylic acid groups (broad SMARTS) is 1. The highest BCUT2D eigenvalue weighted by molar-refractivity contribution is 6.11. The molecule has 0 atom stereocenters. The molecule has 6 heteroatoms. The highest BCUT2D eigenvalue weighted by Crippen LogP contribution is 2.18. The Morgan fingerprint density at radius 3 is 2.52 bits per heavy atom. The number of nitrogens with zero attached hydrogens (tertiary/aromatic N) is 1. The van der Waals surface area contributed by atoms with E-state index in [4.69, 9.17) is 10.4 Å². The van der Waals surface area contributed by atoms with E-state index in [-0.39, 0.29) is 22.6 Å². The first-order valence-corrected chi connectivity index (χ1v) is 6.56. The van der Waals surface area contributed by atoms with Crippen LogP contribution in [0.3, 0.4) is 0 Å². The minimum absolute atomic E-state index is 0.00710. The van der Waals surface area contributed by atoms with Gasteiger partial charge < -0.3 is 15.5 Å². The molecule has 23 heavy (non-hydrogen) atoms. The molecule has 0 bridgehead atoms. The van der Waals surface area contributed by atoms with Crippen molar-refractivity contribution in [1.29, 1.82) is 5.26 Å². The van der Waals surface area contributed by atoms with Crippen LogP contribution in [0.15, 0.2) is 54.1 Å². The number of anilines is 1. The summed E-state index contributed by atoms with van der Waals surface area (Å²) in [6, 6.07) is 13.7. The van der Waals surface area contributed by atoms with E-state index < -0.39 is 11.9 Å². The number of carbonyl (C=O) groups excluding carboxylic acids is 1. The van der Waals surface area contributed by atoms with Crippen molar-refractivity contribution in [1.82, 2.24) is 0 Å². The van der Waals surface area contributed by atoms with Crippen LogP contribution in [0.25, 0.3) is 6.08 Å². The molecular formula is C17H12N2O4. The van der Waals surface area contributed by atoms with Gasteiger partial charge >= 0.3 is 5.97 Å². The molecule has 0 aliphatic carbocycles. The molecule has 0 radical (unpaired) electrons. The number of carbonyl (C=O) groups is 2. The van der Waals surface area contributed by atoms with Crippen molar-refractivity contribution in [2.24, 2.45) is 0 Å². The van der Waals surface area contributed by atoms with E-state index in [1.165, 1.54) is 36.4 Å². The number of nitriles is 1. The Kier molecular flexibility index (Phi) is 4.75. The molecule has 2 rings (SSSR count). The van der Waals surface area contributed by atoms with Gasteiger partial charge in [0.15, 0.2) is 0 Å². The van der Waals surface area contributed by atoms with Crippen molar-refractivity contribution < 1.29 is 19.8 Å². The zero-order valence-electron chi connectivity index (χ0n) is 11.9. The van der Waals surface area contributed by atoms with Gasteiger partial charge in [0.25, 0.3) is 5.91 Å². The number of hydrogen-bond acceptors (Lipinski definition) is 4. The van der Waals surface area contributed by atoms with E-state index in [0.29, 0.717) is 5.56 Å². The average molecular weight is 308 g/mol. The molecule has 0 spiro atoms. The normalized spacial score (nSPS) is 10.7. The van der Waals surface area contributed by atoms with E-state index >= 15 is 0 Å². The number of carboxylic acids is 1. The highest BCUT2D eigenvalue weighted by atomic mass is 16.4. The lowest BCUT2D eigenvalue weighted by Gasteiger charge is -2.07. The fourth-order valence-electron chi connectivity index (χ4n) is 1.90. The Hall–Kier alpha value is -3.59. The summed E-state index contributed by atoms with van der Waals surface area (Å²) in [6.45, 7) is 0. The Morgan fingerprint density at radius 1 is 1.13 bits per heavy atom. The number of rotatable bonds is 4.